The summed E-state index contributed by atoms with van der Waals surface area (Å²) in [5.74, 6) is 0.697. The lowest BCUT2D eigenvalue weighted by molar-refractivity contribution is 0.0676. The van der Waals surface area contributed by atoms with E-state index in [0.717, 1.165) is 31.2 Å². The first-order valence-corrected chi connectivity index (χ1v) is 7.74. The number of anilines is 1. The van der Waals surface area contributed by atoms with Crippen LogP contribution in [-0.4, -0.2) is 49.1 Å². The number of pyridine rings is 1. The van der Waals surface area contributed by atoms with E-state index in [1.165, 1.54) is 12.8 Å². The fourth-order valence-electron chi connectivity index (χ4n) is 1.93. The van der Waals surface area contributed by atoms with E-state index in [1.54, 1.807) is 24.2 Å². The molecule has 1 heterocycles. The number of rotatable bonds is 9. The van der Waals surface area contributed by atoms with Gasteiger partial charge in [0, 0.05) is 26.7 Å². The quantitative estimate of drug-likeness (QED) is 0.710. The molecule has 0 aliphatic heterocycles. The SMILES string of the molecule is CCCNc1ccc(C(=O)N(C)CCOCC2CC2)nc1. The van der Waals surface area contributed by atoms with Crippen LogP contribution in [0.1, 0.15) is 36.7 Å². The van der Waals surface area contributed by atoms with E-state index < -0.39 is 0 Å². The largest absolute Gasteiger partial charge is 0.384 e. The minimum Gasteiger partial charge on any atom is -0.384 e. The lowest BCUT2D eigenvalue weighted by Gasteiger charge is -2.17. The summed E-state index contributed by atoms with van der Waals surface area (Å²) in [4.78, 5) is 18.1. The summed E-state index contributed by atoms with van der Waals surface area (Å²) < 4.78 is 5.55. The molecule has 5 nitrogen and oxygen atoms in total. The summed E-state index contributed by atoms with van der Waals surface area (Å²) in [6.45, 7) is 5.04. The summed E-state index contributed by atoms with van der Waals surface area (Å²) in [6, 6.07) is 3.66. The first kappa shape index (κ1) is 15.8. The van der Waals surface area contributed by atoms with Crippen molar-refractivity contribution in [2.75, 3.05) is 38.7 Å². The molecule has 1 saturated carbocycles. The predicted octanol–water partition coefficient (Wildman–Crippen LogP) is 2.40. The van der Waals surface area contributed by atoms with Crippen molar-refractivity contribution in [3.8, 4) is 0 Å². The Hall–Kier alpha value is -1.62. The van der Waals surface area contributed by atoms with Gasteiger partial charge in [0.25, 0.3) is 5.91 Å². The molecule has 5 heteroatoms. The maximum atomic E-state index is 12.2. The van der Waals surface area contributed by atoms with Crippen LogP contribution in [0.4, 0.5) is 5.69 Å². The maximum absolute atomic E-state index is 12.2. The zero-order chi connectivity index (χ0) is 15.1. The van der Waals surface area contributed by atoms with Crippen molar-refractivity contribution in [1.29, 1.82) is 0 Å². The standard InChI is InChI=1S/C16H25N3O2/c1-3-8-17-14-6-7-15(18-11-14)16(20)19(2)9-10-21-12-13-4-5-13/h6-7,11,13,17H,3-5,8-10,12H2,1-2H3. The van der Waals surface area contributed by atoms with Crippen LogP contribution in [0.2, 0.25) is 0 Å². The van der Waals surface area contributed by atoms with Crippen molar-refractivity contribution in [3.63, 3.8) is 0 Å². The van der Waals surface area contributed by atoms with Gasteiger partial charge in [-0.05, 0) is 37.3 Å². The van der Waals surface area contributed by atoms with Crippen molar-refractivity contribution < 1.29 is 9.53 Å². The number of nitrogens with one attached hydrogen (secondary N) is 1. The first-order valence-electron chi connectivity index (χ1n) is 7.74. The zero-order valence-corrected chi connectivity index (χ0v) is 13.0. The number of ether oxygens (including phenoxy) is 1. The van der Waals surface area contributed by atoms with Crippen LogP contribution >= 0.6 is 0 Å². The van der Waals surface area contributed by atoms with E-state index in [2.05, 4.69) is 17.2 Å². The highest BCUT2D eigenvalue weighted by molar-refractivity contribution is 5.92. The van der Waals surface area contributed by atoms with E-state index in [1.807, 2.05) is 6.07 Å². The number of carbonyl (C=O) groups is 1. The van der Waals surface area contributed by atoms with Gasteiger partial charge >= 0.3 is 0 Å². The third kappa shape index (κ3) is 5.34. The third-order valence-electron chi connectivity index (χ3n) is 3.53. The molecule has 0 bridgehead atoms. The molecule has 0 radical (unpaired) electrons. The molecule has 1 fully saturated rings. The van der Waals surface area contributed by atoms with Crippen LogP contribution in [0.15, 0.2) is 18.3 Å². The molecule has 0 aromatic carbocycles. The molecule has 21 heavy (non-hydrogen) atoms. The van der Waals surface area contributed by atoms with Gasteiger partial charge in [0.2, 0.25) is 0 Å². The van der Waals surface area contributed by atoms with Crippen molar-refractivity contribution in [2.24, 2.45) is 5.92 Å². The molecule has 2 rings (SSSR count). The number of carbonyl (C=O) groups excluding carboxylic acids is 1. The van der Waals surface area contributed by atoms with Gasteiger partial charge < -0.3 is 15.0 Å². The average molecular weight is 291 g/mol. The monoisotopic (exact) mass is 291 g/mol. The predicted molar refractivity (Wildman–Crippen MR) is 83.5 cm³/mol. The van der Waals surface area contributed by atoms with E-state index in [0.29, 0.717) is 18.8 Å². The highest BCUT2D eigenvalue weighted by atomic mass is 16.5. The van der Waals surface area contributed by atoms with Gasteiger partial charge in [0.05, 0.1) is 18.5 Å². The smallest absolute Gasteiger partial charge is 0.272 e. The fraction of sp³-hybridized carbons (Fsp3) is 0.625. The molecule has 1 amide bonds. The molecule has 1 aromatic heterocycles. The minimum atomic E-state index is -0.0629. The molecule has 1 aliphatic rings. The topological polar surface area (TPSA) is 54.5 Å². The van der Waals surface area contributed by atoms with Crippen LogP contribution < -0.4 is 5.32 Å². The maximum Gasteiger partial charge on any atom is 0.272 e. The van der Waals surface area contributed by atoms with E-state index in [-0.39, 0.29) is 5.91 Å². The fourth-order valence-corrected chi connectivity index (χ4v) is 1.93. The van der Waals surface area contributed by atoms with Gasteiger partial charge in [-0.15, -0.1) is 0 Å². The first-order chi connectivity index (χ1) is 10.2. The van der Waals surface area contributed by atoms with Gasteiger partial charge in [0.15, 0.2) is 0 Å². The summed E-state index contributed by atoms with van der Waals surface area (Å²) >= 11 is 0. The zero-order valence-electron chi connectivity index (χ0n) is 13.0. The second-order valence-corrected chi connectivity index (χ2v) is 5.60. The number of likely N-dealkylation sites (N-methyl/N-ethyl adjacent to an activating group) is 1. The second kappa shape index (κ2) is 7.98. The Morgan fingerprint density at radius 2 is 2.29 bits per heavy atom. The van der Waals surface area contributed by atoms with Crippen LogP contribution in [0, 0.1) is 5.92 Å². The average Bonchev–Trinajstić information content (AvgIpc) is 3.33. The highest BCUT2D eigenvalue weighted by Gasteiger charge is 2.21. The van der Waals surface area contributed by atoms with E-state index >= 15 is 0 Å². The normalized spacial score (nSPS) is 14.0. The van der Waals surface area contributed by atoms with Gasteiger partial charge in [-0.3, -0.25) is 4.79 Å². The molecule has 0 atom stereocenters. The molecule has 0 spiro atoms. The van der Waals surface area contributed by atoms with Gasteiger partial charge in [-0.1, -0.05) is 6.92 Å². The third-order valence-corrected chi connectivity index (χ3v) is 3.53. The molecular formula is C16H25N3O2. The summed E-state index contributed by atoms with van der Waals surface area (Å²) in [5.41, 5.74) is 1.42. The Kier molecular flexibility index (Phi) is 5.99. The Balaban J connectivity index is 1.74. The number of amides is 1. The van der Waals surface area contributed by atoms with Crippen molar-refractivity contribution in [2.45, 2.75) is 26.2 Å². The molecule has 0 unspecified atom stereocenters. The van der Waals surface area contributed by atoms with Crippen LogP contribution in [0.25, 0.3) is 0 Å². The number of nitrogens with zero attached hydrogens (tertiary/aromatic N) is 2. The van der Waals surface area contributed by atoms with Crippen molar-refractivity contribution in [3.05, 3.63) is 24.0 Å². The number of hydrogen-bond donors (Lipinski definition) is 1. The molecule has 1 aromatic rings. The van der Waals surface area contributed by atoms with Crippen LogP contribution in [-0.2, 0) is 4.74 Å². The molecular weight excluding hydrogens is 266 g/mol. The minimum absolute atomic E-state index is 0.0629. The summed E-state index contributed by atoms with van der Waals surface area (Å²) in [7, 11) is 1.79. The number of aromatic nitrogens is 1. The van der Waals surface area contributed by atoms with E-state index in [4.69, 9.17) is 4.74 Å². The second-order valence-electron chi connectivity index (χ2n) is 5.60. The Bertz CT molecular complexity index is 443. The Morgan fingerprint density at radius 3 is 2.90 bits per heavy atom. The molecule has 0 saturated heterocycles. The molecule has 1 aliphatic carbocycles. The Morgan fingerprint density at radius 1 is 1.48 bits per heavy atom. The molecule has 1 N–H and O–H groups in total. The molecule has 116 valence electrons. The van der Waals surface area contributed by atoms with Gasteiger partial charge in [-0.25, -0.2) is 4.98 Å². The lowest BCUT2D eigenvalue weighted by atomic mass is 10.3. The van der Waals surface area contributed by atoms with Crippen LogP contribution in [0.5, 0.6) is 0 Å². The number of hydrogen-bond acceptors (Lipinski definition) is 4. The van der Waals surface area contributed by atoms with Crippen LogP contribution in [0.3, 0.4) is 0 Å². The highest BCUT2D eigenvalue weighted by Crippen LogP contribution is 2.28. The Labute approximate surface area is 126 Å². The van der Waals surface area contributed by atoms with Crippen molar-refractivity contribution in [1.82, 2.24) is 9.88 Å². The lowest BCUT2D eigenvalue weighted by Crippen LogP contribution is -2.31. The van der Waals surface area contributed by atoms with Gasteiger partial charge in [0.1, 0.15) is 5.69 Å². The van der Waals surface area contributed by atoms with E-state index in [9.17, 15) is 4.79 Å². The van der Waals surface area contributed by atoms with Gasteiger partial charge in [-0.2, -0.15) is 0 Å². The summed E-state index contributed by atoms with van der Waals surface area (Å²) in [5, 5.41) is 3.24. The summed E-state index contributed by atoms with van der Waals surface area (Å²) in [6.07, 6.45) is 5.35. The van der Waals surface area contributed by atoms with Crippen molar-refractivity contribution >= 4 is 11.6 Å².